The average molecular weight is 266 g/mol. The molecule has 0 heterocycles. The number of hydrogen-bond donors (Lipinski definition) is 3. The molecule has 0 aromatic rings. The smallest absolute Gasteiger partial charge is 0.324 e. The van der Waals surface area contributed by atoms with Gasteiger partial charge in [-0.05, 0) is 44.4 Å². The maximum Gasteiger partial charge on any atom is 0.332 e. The molecule has 1 atom stereocenters. The van der Waals surface area contributed by atoms with Crippen molar-refractivity contribution < 1.29 is 23.5 Å². The summed E-state index contributed by atoms with van der Waals surface area (Å²) in [4.78, 5) is 26.8. The monoisotopic (exact) mass is 266 g/mol. The van der Waals surface area contributed by atoms with E-state index in [0.29, 0.717) is 0 Å². The minimum atomic E-state index is -3.97. The SMILES string of the molecule is CC(C)(C)OP(O)(=S)OP(O)(O)=S. The lowest BCUT2D eigenvalue weighted by atomic mass is 10.2. The van der Waals surface area contributed by atoms with Gasteiger partial charge in [0.25, 0.3) is 0 Å². The molecule has 80 valence electrons. The highest BCUT2D eigenvalue weighted by molar-refractivity contribution is 8.14. The Bertz CT molecular complexity index is 266. The van der Waals surface area contributed by atoms with Gasteiger partial charge in [0, 0.05) is 0 Å². The zero-order valence-electron chi connectivity index (χ0n) is 7.37. The van der Waals surface area contributed by atoms with Crippen molar-refractivity contribution in [3.63, 3.8) is 0 Å². The molecular weight excluding hydrogens is 254 g/mol. The van der Waals surface area contributed by atoms with Crippen LogP contribution in [0, 0.1) is 0 Å². The van der Waals surface area contributed by atoms with E-state index in [1.807, 2.05) is 0 Å². The fourth-order valence-electron chi connectivity index (χ4n) is 0.497. The summed E-state index contributed by atoms with van der Waals surface area (Å²) >= 11 is 8.65. The second-order valence-corrected chi connectivity index (χ2v) is 8.81. The molecule has 0 spiro atoms. The van der Waals surface area contributed by atoms with Crippen molar-refractivity contribution in [1.29, 1.82) is 0 Å². The second kappa shape index (κ2) is 4.31. The summed E-state index contributed by atoms with van der Waals surface area (Å²) in [7, 11) is 0. The van der Waals surface area contributed by atoms with Crippen molar-refractivity contribution in [2.75, 3.05) is 0 Å². The second-order valence-electron chi connectivity index (χ2n) is 3.24. The van der Waals surface area contributed by atoms with Crippen LogP contribution < -0.4 is 0 Å². The lowest BCUT2D eigenvalue weighted by Crippen LogP contribution is -2.17. The molecule has 0 fully saturated rings. The molecule has 13 heavy (non-hydrogen) atoms. The van der Waals surface area contributed by atoms with E-state index in [-0.39, 0.29) is 0 Å². The molecule has 3 N–H and O–H groups in total. The Morgan fingerprint density at radius 3 is 1.69 bits per heavy atom. The van der Waals surface area contributed by atoms with Gasteiger partial charge in [0.05, 0.1) is 5.60 Å². The molecule has 0 aromatic heterocycles. The van der Waals surface area contributed by atoms with Crippen LogP contribution in [0.3, 0.4) is 0 Å². The van der Waals surface area contributed by atoms with Gasteiger partial charge in [0.15, 0.2) is 0 Å². The Morgan fingerprint density at radius 1 is 1.08 bits per heavy atom. The summed E-state index contributed by atoms with van der Waals surface area (Å²) in [5.74, 6) is 0. The molecule has 0 aliphatic rings. The maximum absolute atomic E-state index is 9.31. The van der Waals surface area contributed by atoms with E-state index in [1.54, 1.807) is 20.8 Å². The molecule has 0 amide bonds. The van der Waals surface area contributed by atoms with Crippen molar-refractivity contribution in [3.05, 3.63) is 0 Å². The first kappa shape index (κ1) is 14.1. The van der Waals surface area contributed by atoms with Crippen molar-refractivity contribution in [2.45, 2.75) is 26.4 Å². The predicted octanol–water partition coefficient (Wildman–Crippen LogP) is 1.24. The van der Waals surface area contributed by atoms with Crippen molar-refractivity contribution in [1.82, 2.24) is 0 Å². The van der Waals surface area contributed by atoms with E-state index in [4.69, 9.17) is 14.3 Å². The van der Waals surface area contributed by atoms with Crippen LogP contribution in [0.4, 0.5) is 0 Å². The van der Waals surface area contributed by atoms with E-state index in [2.05, 4.69) is 27.9 Å². The van der Waals surface area contributed by atoms with Crippen LogP contribution in [0.1, 0.15) is 20.8 Å². The first-order valence-corrected chi connectivity index (χ1v) is 8.43. The molecule has 0 saturated carbocycles. The summed E-state index contributed by atoms with van der Waals surface area (Å²) in [6.45, 7) is -2.69. The van der Waals surface area contributed by atoms with E-state index in [0.717, 1.165) is 0 Å². The van der Waals surface area contributed by atoms with E-state index < -0.39 is 19.0 Å². The van der Waals surface area contributed by atoms with Crippen LogP contribution in [0.2, 0.25) is 0 Å². The summed E-state index contributed by atoms with van der Waals surface area (Å²) in [5, 5.41) is 0. The summed E-state index contributed by atoms with van der Waals surface area (Å²) in [6, 6.07) is 0. The quantitative estimate of drug-likeness (QED) is 0.663. The fraction of sp³-hybridized carbons (Fsp3) is 1.00. The topological polar surface area (TPSA) is 79.2 Å². The minimum absolute atomic E-state index is 0.727. The highest BCUT2D eigenvalue weighted by atomic mass is 32.5. The van der Waals surface area contributed by atoms with Gasteiger partial charge in [-0.15, -0.1) is 0 Å². The van der Waals surface area contributed by atoms with Gasteiger partial charge in [-0.1, -0.05) is 0 Å². The maximum atomic E-state index is 9.31. The molecule has 0 radical (unpaired) electrons. The van der Waals surface area contributed by atoms with Crippen LogP contribution in [0.15, 0.2) is 0 Å². The highest BCUT2D eigenvalue weighted by Crippen LogP contribution is 2.59. The van der Waals surface area contributed by atoms with Crippen LogP contribution in [0.25, 0.3) is 0 Å². The minimum Gasteiger partial charge on any atom is -0.324 e. The Balaban J connectivity index is 4.44. The third-order valence-electron chi connectivity index (χ3n) is 0.599. The van der Waals surface area contributed by atoms with Gasteiger partial charge in [-0.25, -0.2) is 4.31 Å². The molecule has 0 saturated heterocycles. The van der Waals surface area contributed by atoms with Gasteiger partial charge in [0.2, 0.25) is 0 Å². The lowest BCUT2D eigenvalue weighted by Gasteiger charge is -2.26. The Hall–Kier alpha value is 1.10. The first-order valence-electron chi connectivity index (χ1n) is 3.22. The number of hydrogen-bond acceptors (Lipinski definition) is 4. The average Bonchev–Trinajstić information content (AvgIpc) is 1.43. The van der Waals surface area contributed by atoms with Gasteiger partial charge in [-0.2, -0.15) is 0 Å². The Labute approximate surface area is 87.2 Å². The third-order valence-corrected chi connectivity index (χ3v) is 4.48. The van der Waals surface area contributed by atoms with Crippen LogP contribution in [-0.4, -0.2) is 20.3 Å². The number of rotatable bonds is 3. The molecule has 0 aliphatic heterocycles. The van der Waals surface area contributed by atoms with Gasteiger partial charge < -0.3 is 19.2 Å². The lowest BCUT2D eigenvalue weighted by molar-refractivity contribution is 0.108. The molecule has 5 nitrogen and oxygen atoms in total. The molecule has 0 rings (SSSR count). The van der Waals surface area contributed by atoms with Crippen LogP contribution in [0.5, 0.6) is 0 Å². The van der Waals surface area contributed by atoms with Gasteiger partial charge in [0.1, 0.15) is 0 Å². The van der Waals surface area contributed by atoms with Gasteiger partial charge >= 0.3 is 13.4 Å². The highest BCUT2D eigenvalue weighted by Gasteiger charge is 2.29. The molecule has 0 aliphatic carbocycles. The Morgan fingerprint density at radius 2 is 1.46 bits per heavy atom. The zero-order chi connectivity index (χ0) is 10.9. The molecule has 1 unspecified atom stereocenters. The zero-order valence-corrected chi connectivity index (χ0v) is 10.8. The third kappa shape index (κ3) is 9.41. The van der Waals surface area contributed by atoms with E-state index in [1.165, 1.54) is 0 Å². The molecular formula is C4H12O5P2S2. The van der Waals surface area contributed by atoms with E-state index in [9.17, 15) is 4.89 Å². The summed E-state index contributed by atoms with van der Waals surface area (Å²) in [6.07, 6.45) is 0. The largest absolute Gasteiger partial charge is 0.332 e. The van der Waals surface area contributed by atoms with Crippen molar-refractivity contribution in [3.8, 4) is 0 Å². The summed E-state index contributed by atoms with van der Waals surface area (Å²) in [5.41, 5.74) is -0.727. The molecule has 0 bridgehead atoms. The van der Waals surface area contributed by atoms with E-state index >= 15 is 0 Å². The fourth-order valence-corrected chi connectivity index (χ4v) is 5.10. The predicted molar refractivity (Wildman–Crippen MR) is 57.1 cm³/mol. The van der Waals surface area contributed by atoms with Crippen molar-refractivity contribution >= 4 is 37.1 Å². The van der Waals surface area contributed by atoms with Crippen LogP contribution >= 0.6 is 13.4 Å². The van der Waals surface area contributed by atoms with Crippen molar-refractivity contribution in [2.24, 2.45) is 0 Å². The molecule has 9 heteroatoms. The Kier molecular flexibility index (Phi) is 4.67. The first-order chi connectivity index (χ1) is 5.41. The summed E-state index contributed by atoms with van der Waals surface area (Å²) < 4.78 is 9.20. The van der Waals surface area contributed by atoms with Gasteiger partial charge in [-0.3, -0.25) is 0 Å². The normalized spacial score (nSPS) is 18.3. The van der Waals surface area contributed by atoms with Crippen LogP contribution in [-0.2, 0) is 32.4 Å². The molecule has 0 aromatic carbocycles. The standard InChI is InChI=1S/C4H12O5P2S2/c1-4(2,3)8-11(7,13)9-10(5,6)12/h1-3H3,(H,7,13)(H2,5,6,12).